The normalized spacial score (nSPS) is 20.8. The van der Waals surface area contributed by atoms with Crippen molar-refractivity contribution >= 4 is 10.0 Å². The molecule has 172 valence electrons. The standard InChI is InChI=1S/C27H31N3O2S/c31-33(32,27-9-5-2-6-10-27)30-19-17-29(18-20-30)26-15-16-28(22-26)21-23-11-13-25(14-12-23)24-7-3-1-4-8-24/h1-14,26H,15-22H2. The third-order valence-electron chi connectivity index (χ3n) is 6.89. The first-order valence-electron chi connectivity index (χ1n) is 11.8. The molecule has 2 aliphatic rings. The molecule has 3 aromatic carbocycles. The van der Waals surface area contributed by atoms with Crippen LogP contribution in [-0.4, -0.2) is 67.8 Å². The predicted octanol–water partition coefficient (Wildman–Crippen LogP) is 3.93. The quantitative estimate of drug-likeness (QED) is 0.558. The molecule has 5 nitrogen and oxygen atoms in total. The number of benzene rings is 3. The Balaban J connectivity index is 1.13. The summed E-state index contributed by atoms with van der Waals surface area (Å²) in [5, 5.41) is 0. The first kappa shape index (κ1) is 22.3. The minimum atomic E-state index is -3.39. The average molecular weight is 462 g/mol. The molecule has 33 heavy (non-hydrogen) atoms. The number of rotatable bonds is 6. The van der Waals surface area contributed by atoms with E-state index in [0.717, 1.165) is 39.1 Å². The number of piperazine rings is 1. The maximum Gasteiger partial charge on any atom is 0.243 e. The lowest BCUT2D eigenvalue weighted by Crippen LogP contribution is -2.52. The fourth-order valence-corrected chi connectivity index (χ4v) is 6.44. The first-order chi connectivity index (χ1) is 16.1. The Morgan fingerprint density at radius 1 is 0.697 bits per heavy atom. The zero-order chi connectivity index (χ0) is 22.7. The van der Waals surface area contributed by atoms with E-state index in [2.05, 4.69) is 58.3 Å². The summed E-state index contributed by atoms with van der Waals surface area (Å²) in [5.41, 5.74) is 3.84. The zero-order valence-corrected chi connectivity index (χ0v) is 19.7. The molecule has 3 aromatic rings. The largest absolute Gasteiger partial charge is 0.297 e. The van der Waals surface area contributed by atoms with Gasteiger partial charge >= 0.3 is 0 Å². The number of hydrogen-bond donors (Lipinski definition) is 0. The summed E-state index contributed by atoms with van der Waals surface area (Å²) in [7, 11) is -3.39. The Kier molecular flexibility index (Phi) is 6.60. The maximum absolute atomic E-state index is 12.9. The molecule has 5 rings (SSSR count). The minimum absolute atomic E-state index is 0.392. The van der Waals surface area contributed by atoms with E-state index in [1.165, 1.54) is 16.7 Å². The molecule has 0 aliphatic carbocycles. The van der Waals surface area contributed by atoms with Gasteiger partial charge in [-0.05, 0) is 35.2 Å². The highest BCUT2D eigenvalue weighted by Gasteiger charge is 2.33. The van der Waals surface area contributed by atoms with Crippen molar-refractivity contribution in [1.82, 2.24) is 14.1 Å². The van der Waals surface area contributed by atoms with Crippen molar-refractivity contribution in [3.63, 3.8) is 0 Å². The predicted molar refractivity (Wildman–Crippen MR) is 132 cm³/mol. The topological polar surface area (TPSA) is 43.9 Å². The summed E-state index contributed by atoms with van der Waals surface area (Å²) >= 11 is 0. The molecule has 0 spiro atoms. The van der Waals surface area contributed by atoms with E-state index in [0.29, 0.717) is 24.0 Å². The molecule has 2 heterocycles. The fraction of sp³-hybridized carbons (Fsp3) is 0.333. The lowest BCUT2D eigenvalue weighted by molar-refractivity contribution is 0.136. The highest BCUT2D eigenvalue weighted by Crippen LogP contribution is 2.24. The molecular weight excluding hydrogens is 430 g/mol. The molecular formula is C27H31N3O2S. The lowest BCUT2D eigenvalue weighted by atomic mass is 10.0. The summed E-state index contributed by atoms with van der Waals surface area (Å²) < 4.78 is 27.4. The van der Waals surface area contributed by atoms with Crippen LogP contribution in [0.3, 0.4) is 0 Å². The molecule has 1 atom stereocenters. The van der Waals surface area contributed by atoms with Crippen molar-refractivity contribution in [3.8, 4) is 11.1 Å². The van der Waals surface area contributed by atoms with Crippen molar-refractivity contribution in [2.75, 3.05) is 39.3 Å². The Labute approximate surface area is 197 Å². The van der Waals surface area contributed by atoms with E-state index in [-0.39, 0.29) is 0 Å². The van der Waals surface area contributed by atoms with Crippen LogP contribution in [0.1, 0.15) is 12.0 Å². The highest BCUT2D eigenvalue weighted by molar-refractivity contribution is 7.89. The number of likely N-dealkylation sites (tertiary alicyclic amines) is 1. The van der Waals surface area contributed by atoms with Crippen molar-refractivity contribution in [2.24, 2.45) is 0 Å². The van der Waals surface area contributed by atoms with Gasteiger partial charge in [-0.25, -0.2) is 8.42 Å². The molecule has 2 aliphatic heterocycles. The molecule has 0 N–H and O–H groups in total. The van der Waals surface area contributed by atoms with Gasteiger partial charge in [-0.2, -0.15) is 4.31 Å². The summed E-state index contributed by atoms with van der Waals surface area (Å²) in [6, 6.07) is 28.7. The van der Waals surface area contributed by atoms with Crippen LogP contribution in [0.2, 0.25) is 0 Å². The van der Waals surface area contributed by atoms with Crippen molar-refractivity contribution in [2.45, 2.75) is 23.9 Å². The van der Waals surface area contributed by atoms with Gasteiger partial charge in [0, 0.05) is 51.9 Å². The molecule has 0 radical (unpaired) electrons. The van der Waals surface area contributed by atoms with E-state index in [1.54, 1.807) is 28.6 Å². The molecule has 6 heteroatoms. The van der Waals surface area contributed by atoms with Gasteiger partial charge in [0.25, 0.3) is 0 Å². The molecule has 0 saturated carbocycles. The number of nitrogens with zero attached hydrogens (tertiary/aromatic N) is 3. The molecule has 0 bridgehead atoms. The van der Waals surface area contributed by atoms with Crippen LogP contribution in [0.25, 0.3) is 11.1 Å². The summed E-state index contributed by atoms with van der Waals surface area (Å²) in [5.74, 6) is 0. The second-order valence-corrected chi connectivity index (χ2v) is 10.9. The van der Waals surface area contributed by atoms with Crippen LogP contribution < -0.4 is 0 Å². The third kappa shape index (κ3) is 5.04. The van der Waals surface area contributed by atoms with E-state index >= 15 is 0 Å². The van der Waals surface area contributed by atoms with Gasteiger partial charge in [-0.1, -0.05) is 72.8 Å². The number of hydrogen-bond acceptors (Lipinski definition) is 4. The number of sulfonamides is 1. The van der Waals surface area contributed by atoms with Crippen LogP contribution in [-0.2, 0) is 16.6 Å². The fourth-order valence-electron chi connectivity index (χ4n) is 5.00. The summed E-state index contributed by atoms with van der Waals surface area (Å²) in [6.45, 7) is 5.84. The van der Waals surface area contributed by atoms with Crippen LogP contribution in [0.5, 0.6) is 0 Å². The highest BCUT2D eigenvalue weighted by atomic mass is 32.2. The zero-order valence-electron chi connectivity index (χ0n) is 18.9. The van der Waals surface area contributed by atoms with Crippen LogP contribution in [0.4, 0.5) is 0 Å². The smallest absolute Gasteiger partial charge is 0.243 e. The van der Waals surface area contributed by atoms with Gasteiger partial charge in [0.15, 0.2) is 0 Å². The van der Waals surface area contributed by atoms with Crippen molar-refractivity contribution in [3.05, 3.63) is 90.5 Å². The summed E-state index contributed by atoms with van der Waals surface area (Å²) in [4.78, 5) is 5.40. The van der Waals surface area contributed by atoms with Gasteiger partial charge < -0.3 is 0 Å². The second kappa shape index (κ2) is 9.77. The van der Waals surface area contributed by atoms with Crippen LogP contribution in [0, 0.1) is 0 Å². The average Bonchev–Trinajstić information content (AvgIpc) is 3.34. The Morgan fingerprint density at radius 2 is 1.30 bits per heavy atom. The SMILES string of the molecule is O=S(=O)(c1ccccc1)N1CCN(C2CCN(Cc3ccc(-c4ccccc4)cc3)C2)CC1. The van der Waals surface area contributed by atoms with E-state index in [4.69, 9.17) is 0 Å². The van der Waals surface area contributed by atoms with Crippen LogP contribution >= 0.6 is 0 Å². The second-order valence-electron chi connectivity index (χ2n) is 8.99. The van der Waals surface area contributed by atoms with Gasteiger partial charge in [-0.15, -0.1) is 0 Å². The maximum atomic E-state index is 12.9. The first-order valence-corrected chi connectivity index (χ1v) is 13.2. The van der Waals surface area contributed by atoms with E-state index < -0.39 is 10.0 Å². The van der Waals surface area contributed by atoms with Gasteiger partial charge in [0.2, 0.25) is 10.0 Å². The molecule has 2 saturated heterocycles. The van der Waals surface area contributed by atoms with E-state index in [1.807, 2.05) is 12.1 Å². The lowest BCUT2D eigenvalue weighted by Gasteiger charge is -2.37. The molecule has 2 fully saturated rings. The Morgan fingerprint density at radius 3 is 1.97 bits per heavy atom. The third-order valence-corrected chi connectivity index (χ3v) is 8.80. The molecule has 0 amide bonds. The molecule has 0 aromatic heterocycles. The molecule has 1 unspecified atom stereocenters. The van der Waals surface area contributed by atoms with Crippen molar-refractivity contribution in [1.29, 1.82) is 0 Å². The van der Waals surface area contributed by atoms with Crippen molar-refractivity contribution < 1.29 is 8.42 Å². The van der Waals surface area contributed by atoms with Gasteiger partial charge in [0.1, 0.15) is 0 Å². The van der Waals surface area contributed by atoms with E-state index in [9.17, 15) is 8.42 Å². The Hall–Kier alpha value is -2.51. The van der Waals surface area contributed by atoms with Crippen LogP contribution in [0.15, 0.2) is 89.8 Å². The summed E-state index contributed by atoms with van der Waals surface area (Å²) in [6.07, 6.45) is 1.15. The Bertz CT molecular complexity index is 1140. The van der Waals surface area contributed by atoms with Gasteiger partial charge in [-0.3, -0.25) is 9.80 Å². The minimum Gasteiger partial charge on any atom is -0.297 e. The van der Waals surface area contributed by atoms with Gasteiger partial charge in [0.05, 0.1) is 4.90 Å². The monoisotopic (exact) mass is 461 g/mol.